The number of nitrogens with one attached hydrogen (secondary N) is 3. The second kappa shape index (κ2) is 11.6. The van der Waals surface area contributed by atoms with Gasteiger partial charge < -0.3 is 30.2 Å². The zero-order valence-electron chi connectivity index (χ0n) is 21.6. The van der Waals surface area contributed by atoms with E-state index >= 15 is 0 Å². The van der Waals surface area contributed by atoms with E-state index in [0.29, 0.717) is 39.3 Å². The molecule has 0 atom stereocenters. The van der Waals surface area contributed by atoms with E-state index in [1.54, 1.807) is 31.3 Å². The number of hydrogen-bond donors (Lipinski definition) is 3. The highest BCUT2D eigenvalue weighted by Gasteiger charge is 2.29. The van der Waals surface area contributed by atoms with E-state index in [2.05, 4.69) is 44.7 Å². The summed E-state index contributed by atoms with van der Waals surface area (Å²) in [7, 11) is 5.14. The number of halogens is 3. The number of methoxy groups -OCH3 is 1. The number of ether oxygens (including phenoxy) is 1. The van der Waals surface area contributed by atoms with Crippen molar-refractivity contribution in [3.8, 4) is 17.6 Å². The number of carbonyl (C=O) groups is 1. The molecule has 0 spiro atoms. The number of hydrogen-bond acceptors (Lipinski definition) is 6. The minimum absolute atomic E-state index is 0.206. The fourth-order valence-corrected chi connectivity index (χ4v) is 4.45. The van der Waals surface area contributed by atoms with Crippen LogP contribution in [0, 0.1) is 11.8 Å². The number of likely N-dealkylation sites (tertiary alicyclic amines) is 1. The van der Waals surface area contributed by atoms with Crippen LogP contribution in [0.2, 0.25) is 0 Å². The number of alkyl halides is 3. The average molecular weight is 529 g/mol. The summed E-state index contributed by atoms with van der Waals surface area (Å²) in [6, 6.07) is 8.73. The van der Waals surface area contributed by atoms with Crippen LogP contribution in [-0.2, 0) is 6.54 Å². The van der Waals surface area contributed by atoms with Gasteiger partial charge in [-0.05, 0) is 63.3 Å². The van der Waals surface area contributed by atoms with Crippen molar-refractivity contribution < 1.29 is 22.7 Å². The lowest BCUT2D eigenvalue weighted by Gasteiger charge is -2.30. The number of amides is 1. The molecule has 1 saturated heterocycles. The maximum absolute atomic E-state index is 13.2. The number of piperidine rings is 1. The maximum Gasteiger partial charge on any atom is 0.406 e. The predicted molar refractivity (Wildman–Crippen MR) is 142 cm³/mol. The summed E-state index contributed by atoms with van der Waals surface area (Å²) in [6.45, 7) is 1.03. The van der Waals surface area contributed by atoms with E-state index in [0.717, 1.165) is 30.5 Å². The van der Waals surface area contributed by atoms with Gasteiger partial charge in [0.25, 0.3) is 5.91 Å². The number of benzene rings is 2. The predicted octanol–water partition coefficient (Wildman–Crippen LogP) is 3.94. The van der Waals surface area contributed by atoms with Crippen molar-refractivity contribution in [3.05, 3.63) is 47.8 Å². The third-order valence-corrected chi connectivity index (χ3v) is 6.44. The van der Waals surface area contributed by atoms with Crippen molar-refractivity contribution in [1.82, 2.24) is 19.8 Å². The Labute approximate surface area is 219 Å². The van der Waals surface area contributed by atoms with Gasteiger partial charge in [0.2, 0.25) is 0 Å². The molecule has 8 nitrogen and oxygen atoms in total. The first-order valence-corrected chi connectivity index (χ1v) is 12.3. The Kier molecular flexibility index (Phi) is 8.32. The highest BCUT2D eigenvalue weighted by atomic mass is 19.4. The Bertz CT molecular complexity index is 1350. The molecule has 0 radical (unpaired) electrons. The van der Waals surface area contributed by atoms with Gasteiger partial charge in [0.15, 0.2) is 0 Å². The monoisotopic (exact) mass is 528 g/mol. The van der Waals surface area contributed by atoms with Gasteiger partial charge in [-0.2, -0.15) is 13.2 Å². The number of anilines is 2. The number of nitrogens with zero attached hydrogens (tertiary/aromatic N) is 3. The van der Waals surface area contributed by atoms with Gasteiger partial charge in [-0.25, -0.2) is 4.98 Å². The molecular formula is C27H31F3N6O2. The third-order valence-electron chi connectivity index (χ3n) is 6.44. The Morgan fingerprint density at radius 3 is 2.63 bits per heavy atom. The van der Waals surface area contributed by atoms with Crippen LogP contribution in [0.15, 0.2) is 36.7 Å². The molecule has 1 fully saturated rings. The highest BCUT2D eigenvalue weighted by Crippen LogP contribution is 2.29. The molecule has 11 heteroatoms. The van der Waals surface area contributed by atoms with Crippen LogP contribution in [-0.4, -0.2) is 73.4 Å². The zero-order valence-corrected chi connectivity index (χ0v) is 21.6. The molecule has 0 saturated carbocycles. The summed E-state index contributed by atoms with van der Waals surface area (Å²) in [4.78, 5) is 18.4. The topological polar surface area (TPSA) is 83.5 Å². The van der Waals surface area contributed by atoms with Crippen LogP contribution in [0.4, 0.5) is 24.5 Å². The lowest BCUT2D eigenvalue weighted by atomic mass is 10.0. The molecule has 1 aromatic heterocycles. The van der Waals surface area contributed by atoms with E-state index in [1.807, 2.05) is 6.07 Å². The van der Waals surface area contributed by atoms with E-state index in [9.17, 15) is 18.0 Å². The molecule has 0 bridgehead atoms. The normalized spacial score (nSPS) is 14.6. The zero-order chi connectivity index (χ0) is 27.3. The van der Waals surface area contributed by atoms with Crippen molar-refractivity contribution in [2.75, 3.05) is 51.5 Å². The largest absolute Gasteiger partial charge is 0.495 e. The molecule has 202 valence electrons. The number of imidazole rings is 1. The van der Waals surface area contributed by atoms with Crippen molar-refractivity contribution in [3.63, 3.8) is 0 Å². The molecule has 3 aromatic rings. The van der Waals surface area contributed by atoms with Crippen LogP contribution in [0.5, 0.6) is 5.75 Å². The Balaban J connectivity index is 1.57. The van der Waals surface area contributed by atoms with Gasteiger partial charge in [-0.1, -0.05) is 11.8 Å². The molecule has 3 N–H and O–H groups in total. The molecule has 1 aliphatic heterocycles. The number of aromatic nitrogens is 2. The summed E-state index contributed by atoms with van der Waals surface area (Å²) in [6.07, 6.45) is -1.28. The summed E-state index contributed by atoms with van der Waals surface area (Å²) in [5.74, 6) is 6.36. The Morgan fingerprint density at radius 2 is 1.95 bits per heavy atom. The summed E-state index contributed by atoms with van der Waals surface area (Å²) < 4.78 is 46.0. The van der Waals surface area contributed by atoms with Gasteiger partial charge >= 0.3 is 6.18 Å². The van der Waals surface area contributed by atoms with Crippen LogP contribution in [0.1, 0.15) is 28.8 Å². The molecule has 1 amide bonds. The molecule has 2 aromatic carbocycles. The number of carbonyl (C=O) groups excluding carboxylic acids is 1. The van der Waals surface area contributed by atoms with Crippen molar-refractivity contribution in [1.29, 1.82) is 0 Å². The van der Waals surface area contributed by atoms with Crippen molar-refractivity contribution >= 4 is 28.3 Å². The second-order valence-corrected chi connectivity index (χ2v) is 9.25. The van der Waals surface area contributed by atoms with Crippen molar-refractivity contribution in [2.24, 2.45) is 0 Å². The summed E-state index contributed by atoms with van der Waals surface area (Å²) in [5.41, 5.74) is 3.27. The summed E-state index contributed by atoms with van der Waals surface area (Å²) in [5, 5.41) is 9.22. The fourth-order valence-electron chi connectivity index (χ4n) is 4.45. The fraction of sp³-hybridized carbons (Fsp3) is 0.407. The lowest BCUT2D eigenvalue weighted by molar-refractivity contribution is -0.139. The standard InChI is InChI=1S/C27H31F3N6O2/c1-31-26(37)19-6-7-21(24(15-19)38-3)32-10-4-5-18-13-22(34-20-8-11-35(2)12-9-20)25-23(14-18)36(17-33-25)16-27(28,29)30/h6-7,13-15,17,20,32,34H,8-12,16H2,1-3H3,(H,31,37). The van der Waals surface area contributed by atoms with Crippen LogP contribution in [0.3, 0.4) is 0 Å². The summed E-state index contributed by atoms with van der Waals surface area (Å²) >= 11 is 0. The first-order valence-electron chi connectivity index (χ1n) is 12.3. The Morgan fingerprint density at radius 1 is 1.18 bits per heavy atom. The number of fused-ring (bicyclic) bond motifs is 1. The van der Waals surface area contributed by atoms with Gasteiger partial charge in [0, 0.05) is 24.2 Å². The first-order chi connectivity index (χ1) is 18.2. The molecule has 0 unspecified atom stereocenters. The third kappa shape index (κ3) is 6.69. The van der Waals surface area contributed by atoms with E-state index in [4.69, 9.17) is 4.74 Å². The molecule has 1 aliphatic rings. The van der Waals surface area contributed by atoms with Crippen LogP contribution in [0.25, 0.3) is 11.0 Å². The Hall–Kier alpha value is -3.91. The SMILES string of the molecule is CNC(=O)c1ccc(NCC#Cc2cc(NC3CCN(C)CC3)c3ncn(CC(F)(F)F)c3c2)c(OC)c1. The van der Waals surface area contributed by atoms with Gasteiger partial charge in [0.05, 0.1) is 36.9 Å². The van der Waals surface area contributed by atoms with Gasteiger partial charge in [0.1, 0.15) is 17.8 Å². The molecular weight excluding hydrogens is 497 g/mol. The van der Waals surface area contributed by atoms with Crippen LogP contribution >= 0.6 is 0 Å². The smallest absolute Gasteiger partial charge is 0.406 e. The average Bonchev–Trinajstić information content (AvgIpc) is 3.28. The maximum atomic E-state index is 13.2. The first kappa shape index (κ1) is 27.1. The highest BCUT2D eigenvalue weighted by molar-refractivity contribution is 5.95. The van der Waals surface area contributed by atoms with E-state index in [1.165, 1.54) is 13.4 Å². The number of rotatable bonds is 7. The van der Waals surface area contributed by atoms with E-state index < -0.39 is 12.7 Å². The molecule has 4 rings (SSSR count). The second-order valence-electron chi connectivity index (χ2n) is 9.25. The van der Waals surface area contributed by atoms with E-state index in [-0.39, 0.29) is 18.5 Å². The lowest BCUT2D eigenvalue weighted by Crippen LogP contribution is -2.36. The van der Waals surface area contributed by atoms with Crippen LogP contribution < -0.4 is 20.7 Å². The van der Waals surface area contributed by atoms with Gasteiger partial charge in [-0.3, -0.25) is 4.79 Å². The minimum atomic E-state index is -4.37. The quantitative estimate of drug-likeness (QED) is 0.403. The van der Waals surface area contributed by atoms with Gasteiger partial charge in [-0.15, -0.1) is 0 Å². The minimum Gasteiger partial charge on any atom is -0.495 e. The molecule has 0 aliphatic carbocycles. The molecule has 2 heterocycles. The van der Waals surface area contributed by atoms with Crippen molar-refractivity contribution in [2.45, 2.75) is 31.6 Å². The molecule has 38 heavy (non-hydrogen) atoms.